The number of aryl methyl sites for hydroxylation is 1. The van der Waals surface area contributed by atoms with Gasteiger partial charge in [0.15, 0.2) is 0 Å². The molecule has 1 heterocycles. The Hall–Kier alpha value is -2.10. The maximum Gasteiger partial charge on any atom is 0.223 e. The van der Waals surface area contributed by atoms with Crippen molar-refractivity contribution in [3.63, 3.8) is 0 Å². The summed E-state index contributed by atoms with van der Waals surface area (Å²) in [6, 6.07) is 10.8. The fraction of sp³-hybridized carbons (Fsp3) is 0.524. The van der Waals surface area contributed by atoms with Crippen molar-refractivity contribution in [3.8, 4) is 0 Å². The van der Waals surface area contributed by atoms with Crippen LogP contribution in [0.5, 0.6) is 0 Å². The largest absolute Gasteiger partial charge is 0.353 e. The normalized spacial score (nSPS) is 24.2. The SMILES string of the molecule is Cn1cc(C2CC2C(=O)NC(Cc2ccccc2)C2CCCC2)cn1. The molecule has 3 unspecified atom stereocenters. The van der Waals surface area contributed by atoms with Crippen LogP contribution in [0.1, 0.15) is 49.1 Å². The Kier molecular flexibility index (Phi) is 4.60. The Labute approximate surface area is 149 Å². The van der Waals surface area contributed by atoms with Gasteiger partial charge in [0, 0.05) is 25.2 Å². The number of aromatic nitrogens is 2. The molecule has 2 aliphatic carbocycles. The van der Waals surface area contributed by atoms with E-state index in [0.29, 0.717) is 11.8 Å². The highest BCUT2D eigenvalue weighted by molar-refractivity contribution is 5.83. The molecule has 4 rings (SSSR count). The van der Waals surface area contributed by atoms with Crippen molar-refractivity contribution in [1.29, 1.82) is 0 Å². The van der Waals surface area contributed by atoms with E-state index in [0.717, 1.165) is 12.8 Å². The Morgan fingerprint density at radius 1 is 1.28 bits per heavy atom. The number of nitrogens with zero attached hydrogens (tertiary/aromatic N) is 2. The molecule has 1 N–H and O–H groups in total. The van der Waals surface area contributed by atoms with E-state index in [1.165, 1.54) is 36.8 Å². The van der Waals surface area contributed by atoms with Crippen LogP contribution >= 0.6 is 0 Å². The predicted octanol–water partition coefficient (Wildman–Crippen LogP) is 3.44. The van der Waals surface area contributed by atoms with E-state index < -0.39 is 0 Å². The highest BCUT2D eigenvalue weighted by atomic mass is 16.2. The summed E-state index contributed by atoms with van der Waals surface area (Å²) in [5.41, 5.74) is 2.52. The number of amides is 1. The first kappa shape index (κ1) is 16.4. The molecule has 1 aromatic heterocycles. The molecule has 0 bridgehead atoms. The molecule has 0 spiro atoms. The van der Waals surface area contributed by atoms with Crippen LogP contribution in [0.15, 0.2) is 42.7 Å². The molecule has 2 aromatic rings. The average molecular weight is 337 g/mol. The molecule has 3 atom stereocenters. The lowest BCUT2D eigenvalue weighted by molar-refractivity contribution is -0.123. The number of benzene rings is 1. The van der Waals surface area contributed by atoms with Gasteiger partial charge in [-0.2, -0.15) is 5.10 Å². The summed E-state index contributed by atoms with van der Waals surface area (Å²) in [5.74, 6) is 1.35. The highest BCUT2D eigenvalue weighted by Gasteiger charge is 2.45. The number of nitrogens with one attached hydrogen (secondary N) is 1. The second-order valence-electron chi connectivity index (χ2n) is 7.75. The fourth-order valence-electron chi connectivity index (χ4n) is 4.34. The number of hydrogen-bond acceptors (Lipinski definition) is 2. The first-order chi connectivity index (χ1) is 12.2. The number of rotatable bonds is 6. The molecule has 2 saturated carbocycles. The minimum Gasteiger partial charge on any atom is -0.353 e. The standard InChI is InChI=1S/C21H27N3O/c1-24-14-17(13-22-24)18-12-19(18)21(25)23-20(16-9-5-6-10-16)11-15-7-3-2-4-8-15/h2-4,7-8,13-14,16,18-20H,5-6,9-12H2,1H3,(H,23,25). The second kappa shape index (κ2) is 7.03. The van der Waals surface area contributed by atoms with Crippen LogP contribution in [-0.4, -0.2) is 21.7 Å². The maximum absolute atomic E-state index is 12.8. The summed E-state index contributed by atoms with van der Waals surface area (Å²) in [7, 11) is 1.93. The van der Waals surface area contributed by atoms with Gasteiger partial charge in [0.25, 0.3) is 0 Å². The summed E-state index contributed by atoms with van der Waals surface area (Å²) < 4.78 is 1.82. The van der Waals surface area contributed by atoms with Gasteiger partial charge in [-0.15, -0.1) is 0 Å². The van der Waals surface area contributed by atoms with Gasteiger partial charge in [0.2, 0.25) is 5.91 Å². The molecule has 4 nitrogen and oxygen atoms in total. The predicted molar refractivity (Wildman–Crippen MR) is 98.1 cm³/mol. The van der Waals surface area contributed by atoms with Gasteiger partial charge in [0.1, 0.15) is 0 Å². The zero-order valence-electron chi connectivity index (χ0n) is 14.9. The van der Waals surface area contributed by atoms with Crippen molar-refractivity contribution in [2.75, 3.05) is 0 Å². The summed E-state index contributed by atoms with van der Waals surface area (Å²) >= 11 is 0. The maximum atomic E-state index is 12.8. The van der Waals surface area contributed by atoms with Crippen LogP contribution in [0.25, 0.3) is 0 Å². The number of carbonyl (C=O) groups is 1. The van der Waals surface area contributed by atoms with Gasteiger partial charge < -0.3 is 5.32 Å². The van der Waals surface area contributed by atoms with E-state index in [1.54, 1.807) is 0 Å². The Morgan fingerprint density at radius 3 is 2.72 bits per heavy atom. The third-order valence-electron chi connectivity index (χ3n) is 5.88. The second-order valence-corrected chi connectivity index (χ2v) is 7.75. The van der Waals surface area contributed by atoms with Crippen LogP contribution in [-0.2, 0) is 18.3 Å². The van der Waals surface area contributed by atoms with Crippen LogP contribution in [0, 0.1) is 11.8 Å². The van der Waals surface area contributed by atoms with Gasteiger partial charge in [-0.3, -0.25) is 9.48 Å². The first-order valence-corrected chi connectivity index (χ1v) is 9.53. The summed E-state index contributed by atoms with van der Waals surface area (Å²) in [6.45, 7) is 0. The van der Waals surface area contributed by atoms with Gasteiger partial charge in [-0.05, 0) is 48.6 Å². The quantitative estimate of drug-likeness (QED) is 0.878. The third kappa shape index (κ3) is 3.78. The zero-order valence-corrected chi connectivity index (χ0v) is 14.9. The van der Waals surface area contributed by atoms with Crippen molar-refractivity contribution in [2.45, 2.75) is 50.5 Å². The van der Waals surface area contributed by atoms with E-state index >= 15 is 0 Å². The molecule has 2 aliphatic rings. The molecule has 0 aliphatic heterocycles. The van der Waals surface area contributed by atoms with E-state index in [2.05, 4.69) is 40.7 Å². The third-order valence-corrected chi connectivity index (χ3v) is 5.88. The van der Waals surface area contributed by atoms with E-state index in [1.807, 2.05) is 24.1 Å². The van der Waals surface area contributed by atoms with E-state index in [4.69, 9.17) is 0 Å². The van der Waals surface area contributed by atoms with Gasteiger partial charge >= 0.3 is 0 Å². The van der Waals surface area contributed by atoms with Crippen LogP contribution in [0.2, 0.25) is 0 Å². The lowest BCUT2D eigenvalue weighted by Gasteiger charge is -2.25. The van der Waals surface area contributed by atoms with Crippen molar-refractivity contribution in [2.24, 2.45) is 18.9 Å². The molecule has 2 fully saturated rings. The van der Waals surface area contributed by atoms with Crippen molar-refractivity contribution in [1.82, 2.24) is 15.1 Å². The average Bonchev–Trinajstić information content (AvgIpc) is 3.02. The summed E-state index contributed by atoms with van der Waals surface area (Å²) in [5, 5.41) is 7.65. The van der Waals surface area contributed by atoms with Gasteiger partial charge in [-0.25, -0.2) is 0 Å². The van der Waals surface area contributed by atoms with Crippen LogP contribution < -0.4 is 5.32 Å². The van der Waals surface area contributed by atoms with Crippen LogP contribution in [0.4, 0.5) is 0 Å². The van der Waals surface area contributed by atoms with E-state index in [-0.39, 0.29) is 17.9 Å². The summed E-state index contributed by atoms with van der Waals surface area (Å²) in [6.07, 6.45) is 10.9. The topological polar surface area (TPSA) is 46.9 Å². The van der Waals surface area contributed by atoms with Crippen molar-refractivity contribution < 1.29 is 4.79 Å². The molecule has 1 aromatic carbocycles. The van der Waals surface area contributed by atoms with Crippen molar-refractivity contribution >= 4 is 5.91 Å². The first-order valence-electron chi connectivity index (χ1n) is 9.53. The fourth-order valence-corrected chi connectivity index (χ4v) is 4.34. The lowest BCUT2D eigenvalue weighted by Crippen LogP contribution is -2.42. The number of carbonyl (C=O) groups excluding carboxylic acids is 1. The monoisotopic (exact) mass is 337 g/mol. The minimum absolute atomic E-state index is 0.129. The zero-order chi connectivity index (χ0) is 17.2. The lowest BCUT2D eigenvalue weighted by atomic mass is 9.92. The Morgan fingerprint density at radius 2 is 2.04 bits per heavy atom. The van der Waals surface area contributed by atoms with E-state index in [9.17, 15) is 4.79 Å². The number of hydrogen-bond donors (Lipinski definition) is 1. The molecule has 0 radical (unpaired) electrons. The van der Waals surface area contributed by atoms with Crippen molar-refractivity contribution in [3.05, 3.63) is 53.9 Å². The minimum atomic E-state index is 0.129. The molecular formula is C21H27N3O. The molecule has 132 valence electrons. The molecule has 25 heavy (non-hydrogen) atoms. The smallest absolute Gasteiger partial charge is 0.223 e. The Bertz CT molecular complexity index is 718. The van der Waals surface area contributed by atoms with Gasteiger partial charge in [0.05, 0.1) is 6.20 Å². The molecule has 1 amide bonds. The molecule has 4 heteroatoms. The Balaban J connectivity index is 1.40. The molecular weight excluding hydrogens is 310 g/mol. The summed E-state index contributed by atoms with van der Waals surface area (Å²) in [4.78, 5) is 12.8. The molecule has 0 saturated heterocycles. The highest BCUT2D eigenvalue weighted by Crippen LogP contribution is 2.47. The van der Waals surface area contributed by atoms with Crippen LogP contribution in [0.3, 0.4) is 0 Å². The van der Waals surface area contributed by atoms with Gasteiger partial charge in [-0.1, -0.05) is 43.2 Å².